The van der Waals surface area contributed by atoms with Crippen LogP contribution in [0.1, 0.15) is 41.1 Å². The second-order valence-corrected chi connectivity index (χ2v) is 9.36. The molecular weight excluding hydrogens is 408 g/mol. The van der Waals surface area contributed by atoms with Crippen LogP contribution in [0.3, 0.4) is 0 Å². The van der Waals surface area contributed by atoms with Gasteiger partial charge in [-0.25, -0.2) is 8.51 Å². The Balaban J connectivity index is 1.62. The molecule has 1 aliphatic rings. The first-order chi connectivity index (χ1) is 14.1. The van der Waals surface area contributed by atoms with Crippen molar-refractivity contribution in [3.05, 3.63) is 47.8 Å². The first-order valence-corrected chi connectivity index (χ1v) is 11.7. The van der Waals surface area contributed by atoms with E-state index in [1.54, 1.807) is 0 Å². The lowest BCUT2D eigenvalue weighted by Gasteiger charge is -2.30. The fourth-order valence-electron chi connectivity index (χ4n) is 4.13. The van der Waals surface area contributed by atoms with Gasteiger partial charge in [0.25, 0.3) is 5.91 Å². The highest BCUT2D eigenvalue weighted by atomic mass is 35.5. The molecule has 6 nitrogen and oxygen atoms in total. The number of carbonyl (C=O) groups excluding carboxylic acids is 1. The van der Waals surface area contributed by atoms with E-state index in [1.807, 2.05) is 30.6 Å². The Hall–Kier alpha value is -2.09. The molecule has 4 N–H and O–H groups in total. The second kappa shape index (κ2) is 8.73. The third-order valence-corrected chi connectivity index (χ3v) is 7.48. The van der Waals surface area contributed by atoms with Gasteiger partial charge in [0.15, 0.2) is 0 Å². The highest BCUT2D eigenvalue weighted by molar-refractivity contribution is 7.82. The summed E-state index contributed by atoms with van der Waals surface area (Å²) < 4.78 is 14.4. The van der Waals surface area contributed by atoms with Gasteiger partial charge < -0.3 is 15.7 Å². The van der Waals surface area contributed by atoms with Gasteiger partial charge >= 0.3 is 0 Å². The van der Waals surface area contributed by atoms with E-state index >= 15 is 0 Å². The Bertz CT molecular complexity index is 1020. The van der Waals surface area contributed by atoms with Crippen LogP contribution in [-0.4, -0.2) is 49.1 Å². The van der Waals surface area contributed by atoms with Crippen LogP contribution in [0.2, 0.25) is 0 Å². The summed E-state index contributed by atoms with van der Waals surface area (Å²) in [5.41, 5.74) is 10.0. The molecule has 154 valence electrons. The molecule has 3 heterocycles. The van der Waals surface area contributed by atoms with Crippen molar-refractivity contribution in [2.45, 2.75) is 25.2 Å². The number of alkyl halides is 1. The first kappa shape index (κ1) is 20.2. The minimum Gasteiger partial charge on any atom is -0.366 e. The van der Waals surface area contributed by atoms with E-state index in [9.17, 15) is 9.00 Å². The molecule has 8 heteroatoms. The van der Waals surface area contributed by atoms with Crippen LogP contribution >= 0.6 is 11.6 Å². The van der Waals surface area contributed by atoms with Crippen molar-refractivity contribution in [3.63, 3.8) is 0 Å². The van der Waals surface area contributed by atoms with Gasteiger partial charge in [0.1, 0.15) is 0 Å². The molecule has 1 unspecified atom stereocenters. The van der Waals surface area contributed by atoms with E-state index in [0.29, 0.717) is 23.1 Å². The Kier molecular flexibility index (Phi) is 6.08. The summed E-state index contributed by atoms with van der Waals surface area (Å²) >= 11 is 5.72. The minimum absolute atomic E-state index is 0.352. The molecule has 0 radical (unpaired) electrons. The number of carbonyl (C=O) groups is 1. The van der Waals surface area contributed by atoms with Gasteiger partial charge in [-0.2, -0.15) is 0 Å². The van der Waals surface area contributed by atoms with Crippen LogP contribution < -0.4 is 5.73 Å². The first-order valence-electron chi connectivity index (χ1n) is 9.86. The maximum atomic E-state index is 12.4. The standard InChI is InChI=1S/C21H25ClN4O2S/c22-6-2-10-29(28)26-8-4-14(5-9-26)18-13-25-20-16(18)11-15(12-17(20)21(23)27)19-3-1-7-24-19/h1,3,7,11-14,24-25H,2,4-6,8-10H2,(H2,23,27). The lowest BCUT2D eigenvalue weighted by Crippen LogP contribution is -2.35. The number of amides is 1. The number of primary amides is 1. The fraction of sp³-hybridized carbons (Fsp3) is 0.381. The molecule has 0 aliphatic carbocycles. The smallest absolute Gasteiger partial charge is 0.250 e. The van der Waals surface area contributed by atoms with E-state index in [2.05, 4.69) is 20.3 Å². The van der Waals surface area contributed by atoms with E-state index in [-0.39, 0.29) is 0 Å². The van der Waals surface area contributed by atoms with Crippen molar-refractivity contribution < 1.29 is 9.00 Å². The molecule has 1 amide bonds. The number of hydrogen-bond acceptors (Lipinski definition) is 2. The van der Waals surface area contributed by atoms with Gasteiger partial charge in [-0.1, -0.05) is 0 Å². The molecule has 0 spiro atoms. The average molecular weight is 433 g/mol. The zero-order chi connectivity index (χ0) is 20.4. The van der Waals surface area contributed by atoms with Crippen LogP contribution in [0.25, 0.3) is 22.2 Å². The predicted octanol–water partition coefficient (Wildman–Crippen LogP) is 3.73. The van der Waals surface area contributed by atoms with E-state index in [0.717, 1.165) is 54.5 Å². The molecule has 1 atom stereocenters. The normalized spacial score (nSPS) is 17.0. The monoisotopic (exact) mass is 432 g/mol. The van der Waals surface area contributed by atoms with Crippen LogP contribution in [0.4, 0.5) is 0 Å². The van der Waals surface area contributed by atoms with Crippen LogP contribution in [0.5, 0.6) is 0 Å². The molecule has 4 rings (SSSR count). The zero-order valence-corrected chi connectivity index (χ0v) is 17.7. The predicted molar refractivity (Wildman–Crippen MR) is 118 cm³/mol. The number of nitrogens with one attached hydrogen (secondary N) is 2. The molecule has 3 aromatic rings. The van der Waals surface area contributed by atoms with Crippen molar-refractivity contribution >= 4 is 39.4 Å². The highest BCUT2D eigenvalue weighted by Crippen LogP contribution is 2.36. The number of aromatic nitrogens is 2. The largest absolute Gasteiger partial charge is 0.366 e. The summed E-state index contributed by atoms with van der Waals surface area (Å²) in [7, 11) is -0.953. The fourth-order valence-corrected chi connectivity index (χ4v) is 5.69. The summed E-state index contributed by atoms with van der Waals surface area (Å²) in [5, 5.41) is 1.03. The summed E-state index contributed by atoms with van der Waals surface area (Å²) in [5.74, 6) is 1.08. The number of rotatable bonds is 7. The molecule has 1 aromatic carbocycles. The third-order valence-electron chi connectivity index (χ3n) is 5.63. The van der Waals surface area contributed by atoms with Crippen LogP contribution in [0.15, 0.2) is 36.7 Å². The zero-order valence-electron chi connectivity index (χ0n) is 16.1. The summed E-state index contributed by atoms with van der Waals surface area (Å²) in [6.45, 7) is 1.59. The highest BCUT2D eigenvalue weighted by Gasteiger charge is 2.26. The van der Waals surface area contributed by atoms with Gasteiger partial charge in [0, 0.05) is 48.2 Å². The van der Waals surface area contributed by atoms with Crippen LogP contribution in [0, 0.1) is 0 Å². The number of nitrogens with two attached hydrogens (primary N) is 1. The molecule has 0 bridgehead atoms. The maximum Gasteiger partial charge on any atom is 0.250 e. The molecule has 2 aromatic heterocycles. The Morgan fingerprint density at radius 2 is 2.07 bits per heavy atom. The number of nitrogens with zero attached hydrogens (tertiary/aromatic N) is 1. The van der Waals surface area contributed by atoms with Crippen molar-refractivity contribution in [3.8, 4) is 11.3 Å². The van der Waals surface area contributed by atoms with Gasteiger partial charge in [-0.15, -0.1) is 11.6 Å². The van der Waals surface area contributed by atoms with Crippen molar-refractivity contribution in [1.82, 2.24) is 14.3 Å². The number of aromatic amines is 2. The van der Waals surface area contributed by atoms with Gasteiger partial charge in [0.2, 0.25) is 0 Å². The number of H-pyrrole nitrogens is 2. The Labute approximate surface area is 177 Å². The molecule has 1 saturated heterocycles. The third kappa shape index (κ3) is 4.13. The maximum absolute atomic E-state index is 12.4. The number of hydrogen-bond donors (Lipinski definition) is 3. The summed E-state index contributed by atoms with van der Waals surface area (Å²) in [6, 6.07) is 7.86. The minimum atomic E-state index is -0.953. The van der Waals surface area contributed by atoms with Crippen molar-refractivity contribution in [1.29, 1.82) is 0 Å². The second-order valence-electron chi connectivity index (χ2n) is 7.41. The van der Waals surface area contributed by atoms with Crippen LogP contribution in [-0.2, 0) is 11.0 Å². The molecule has 1 aliphatic heterocycles. The van der Waals surface area contributed by atoms with Crippen molar-refractivity contribution in [2.24, 2.45) is 5.73 Å². The number of piperidine rings is 1. The quantitative estimate of drug-likeness (QED) is 0.496. The molecule has 29 heavy (non-hydrogen) atoms. The van der Waals surface area contributed by atoms with Gasteiger partial charge in [-0.05, 0) is 60.6 Å². The molecule has 1 fully saturated rings. The van der Waals surface area contributed by atoms with E-state index in [1.165, 1.54) is 5.56 Å². The van der Waals surface area contributed by atoms with Crippen molar-refractivity contribution in [2.75, 3.05) is 24.7 Å². The molecular formula is C21H25ClN4O2S. The Morgan fingerprint density at radius 1 is 1.28 bits per heavy atom. The average Bonchev–Trinajstić information content (AvgIpc) is 3.41. The number of fused-ring (bicyclic) bond motifs is 1. The van der Waals surface area contributed by atoms with Gasteiger partial charge in [-0.3, -0.25) is 4.79 Å². The lowest BCUT2D eigenvalue weighted by molar-refractivity contribution is 0.100. The topological polar surface area (TPSA) is 95.0 Å². The summed E-state index contributed by atoms with van der Waals surface area (Å²) in [6.07, 6.45) is 6.49. The van der Waals surface area contributed by atoms with Gasteiger partial charge in [0.05, 0.1) is 22.1 Å². The van der Waals surface area contributed by atoms with E-state index < -0.39 is 16.9 Å². The lowest BCUT2D eigenvalue weighted by atomic mass is 9.89. The number of halogens is 1. The van der Waals surface area contributed by atoms with E-state index in [4.69, 9.17) is 17.3 Å². The number of benzene rings is 1. The summed E-state index contributed by atoms with van der Waals surface area (Å²) in [4.78, 5) is 18.5. The molecule has 0 saturated carbocycles. The Morgan fingerprint density at radius 3 is 2.72 bits per heavy atom. The SMILES string of the molecule is NC(=O)c1cc(-c2ccc[nH]2)cc2c(C3CCN(S(=O)CCCCl)CC3)c[nH]c12.